The van der Waals surface area contributed by atoms with Crippen molar-refractivity contribution in [3.63, 3.8) is 0 Å². The quantitative estimate of drug-likeness (QED) is 0.476. The van der Waals surface area contributed by atoms with Crippen LogP contribution in [-0.2, 0) is 5.60 Å². The van der Waals surface area contributed by atoms with E-state index in [0.717, 1.165) is 16.5 Å². The van der Waals surface area contributed by atoms with Crippen molar-refractivity contribution in [2.24, 2.45) is 0 Å². The van der Waals surface area contributed by atoms with E-state index in [2.05, 4.69) is 4.98 Å². The molecular weight excluding hydrogens is 391 g/mol. The van der Waals surface area contributed by atoms with Gasteiger partial charge < -0.3 is 5.11 Å². The molecule has 0 fully saturated rings. The zero-order valence-corrected chi connectivity index (χ0v) is 16.1. The average Bonchev–Trinajstić information content (AvgIpc) is 3.16. The van der Waals surface area contributed by atoms with Crippen LogP contribution in [0.15, 0.2) is 54.7 Å². The molecule has 150 valence electrons. The Labute approximate surface area is 170 Å². The third kappa shape index (κ3) is 3.21. The molecule has 0 bridgehead atoms. The lowest BCUT2D eigenvalue weighted by molar-refractivity contribution is 0.0741. The Hall–Kier alpha value is -3.63. The van der Waals surface area contributed by atoms with Gasteiger partial charge in [-0.1, -0.05) is 24.3 Å². The fourth-order valence-corrected chi connectivity index (χ4v) is 3.45. The number of hydrogen-bond donors (Lipinski definition) is 1. The van der Waals surface area contributed by atoms with E-state index >= 15 is 0 Å². The number of pyridine rings is 1. The van der Waals surface area contributed by atoms with Crippen LogP contribution >= 0.6 is 0 Å². The molecule has 2 aromatic carbocycles. The number of benzene rings is 2. The first-order chi connectivity index (χ1) is 14.2. The summed E-state index contributed by atoms with van der Waals surface area (Å²) in [5, 5.41) is 19.4. The fourth-order valence-electron chi connectivity index (χ4n) is 3.45. The summed E-state index contributed by atoms with van der Waals surface area (Å²) in [6.07, 6.45) is 1.34. The molecule has 30 heavy (non-hydrogen) atoms. The molecule has 0 amide bonds. The summed E-state index contributed by atoms with van der Waals surface area (Å²) < 4.78 is 44.3. The second-order valence-electron chi connectivity index (χ2n) is 7.44. The summed E-state index contributed by atoms with van der Waals surface area (Å²) in [7, 11) is 0. The van der Waals surface area contributed by atoms with Gasteiger partial charge in [0.1, 0.15) is 5.82 Å². The van der Waals surface area contributed by atoms with E-state index in [-0.39, 0.29) is 16.8 Å². The highest BCUT2D eigenvalue weighted by atomic mass is 19.1. The third-order valence-corrected chi connectivity index (χ3v) is 4.90. The number of fused-ring (bicyclic) bond motifs is 1. The van der Waals surface area contributed by atoms with Crippen LogP contribution in [0.5, 0.6) is 0 Å². The SMILES string of the molecule is CC(C)(O)c1cc(F)n2c(-c3cccc(-c4ccc(F)cc4C#N)c3)cnc2c1F. The molecule has 2 heterocycles. The maximum Gasteiger partial charge on any atom is 0.200 e. The number of aliphatic hydroxyl groups is 1. The van der Waals surface area contributed by atoms with Crippen molar-refractivity contribution in [1.82, 2.24) is 9.38 Å². The van der Waals surface area contributed by atoms with Gasteiger partial charge >= 0.3 is 0 Å². The van der Waals surface area contributed by atoms with Crippen LogP contribution < -0.4 is 0 Å². The second-order valence-corrected chi connectivity index (χ2v) is 7.44. The Morgan fingerprint density at radius 2 is 1.77 bits per heavy atom. The Bertz CT molecular complexity index is 1330. The minimum atomic E-state index is -1.57. The molecule has 0 spiro atoms. The van der Waals surface area contributed by atoms with E-state index in [1.165, 1.54) is 32.2 Å². The average molecular weight is 407 g/mol. The number of halogens is 3. The molecule has 0 aliphatic heterocycles. The van der Waals surface area contributed by atoms with Crippen LogP contribution in [0.25, 0.3) is 28.0 Å². The van der Waals surface area contributed by atoms with Crippen molar-refractivity contribution >= 4 is 5.65 Å². The minimum absolute atomic E-state index is 0.164. The lowest BCUT2D eigenvalue weighted by Crippen LogP contribution is -2.19. The van der Waals surface area contributed by atoms with Crippen LogP contribution in [0.3, 0.4) is 0 Å². The normalized spacial score (nSPS) is 11.6. The first kappa shape index (κ1) is 19.7. The number of nitrogens with zero attached hydrogens (tertiary/aromatic N) is 3. The maximum absolute atomic E-state index is 14.9. The Balaban J connectivity index is 1.90. The molecule has 1 N–H and O–H groups in total. The van der Waals surface area contributed by atoms with E-state index < -0.39 is 23.2 Å². The maximum atomic E-state index is 14.9. The molecule has 0 atom stereocenters. The predicted molar refractivity (Wildman–Crippen MR) is 106 cm³/mol. The number of imidazole rings is 1. The van der Waals surface area contributed by atoms with E-state index in [0.29, 0.717) is 22.4 Å². The van der Waals surface area contributed by atoms with E-state index in [1.54, 1.807) is 24.3 Å². The van der Waals surface area contributed by atoms with Gasteiger partial charge in [0.25, 0.3) is 0 Å². The Kier molecular flexibility index (Phi) is 4.60. The number of aromatic nitrogens is 2. The summed E-state index contributed by atoms with van der Waals surface area (Å²) in [6.45, 7) is 2.73. The molecule has 0 unspecified atom stereocenters. The van der Waals surface area contributed by atoms with Crippen LogP contribution in [0.4, 0.5) is 13.2 Å². The lowest BCUT2D eigenvalue weighted by Gasteiger charge is -2.19. The van der Waals surface area contributed by atoms with Gasteiger partial charge in [0.15, 0.2) is 17.4 Å². The largest absolute Gasteiger partial charge is 0.386 e. The standard InChI is InChI=1S/C23H16F3N3O/c1-23(2,30)18-10-20(25)29-19(12-28-22(29)21(18)26)14-5-3-4-13(8-14)17-7-6-16(24)9-15(17)11-27/h3-10,12,30H,1-2H3. The van der Waals surface area contributed by atoms with Gasteiger partial charge in [-0.05, 0) is 43.2 Å². The first-order valence-corrected chi connectivity index (χ1v) is 9.09. The van der Waals surface area contributed by atoms with Crippen molar-refractivity contribution in [3.05, 3.63) is 83.4 Å². The van der Waals surface area contributed by atoms with Crippen LogP contribution in [0.2, 0.25) is 0 Å². The molecule has 0 aliphatic rings. The van der Waals surface area contributed by atoms with Gasteiger partial charge in [-0.15, -0.1) is 0 Å². The molecule has 2 aromatic heterocycles. The molecule has 7 heteroatoms. The van der Waals surface area contributed by atoms with Gasteiger partial charge in [-0.25, -0.2) is 13.8 Å². The fraction of sp³-hybridized carbons (Fsp3) is 0.130. The zero-order valence-electron chi connectivity index (χ0n) is 16.1. The first-order valence-electron chi connectivity index (χ1n) is 9.09. The smallest absolute Gasteiger partial charge is 0.200 e. The van der Waals surface area contributed by atoms with Crippen molar-refractivity contribution in [2.75, 3.05) is 0 Å². The van der Waals surface area contributed by atoms with E-state index in [4.69, 9.17) is 0 Å². The summed E-state index contributed by atoms with van der Waals surface area (Å²) in [4.78, 5) is 4.01. The molecule has 4 nitrogen and oxygen atoms in total. The third-order valence-electron chi connectivity index (χ3n) is 4.90. The molecular formula is C23H16F3N3O. The van der Waals surface area contributed by atoms with Gasteiger partial charge in [-0.3, -0.25) is 4.40 Å². The van der Waals surface area contributed by atoms with Crippen LogP contribution in [0, 0.1) is 28.9 Å². The molecule has 0 saturated heterocycles. The number of hydrogen-bond acceptors (Lipinski definition) is 3. The highest BCUT2D eigenvalue weighted by Crippen LogP contribution is 2.32. The van der Waals surface area contributed by atoms with Gasteiger partial charge in [-0.2, -0.15) is 9.65 Å². The highest BCUT2D eigenvalue weighted by Gasteiger charge is 2.26. The van der Waals surface area contributed by atoms with Crippen molar-refractivity contribution in [3.8, 4) is 28.5 Å². The number of rotatable bonds is 3. The number of nitriles is 1. The monoisotopic (exact) mass is 407 g/mol. The summed E-state index contributed by atoms with van der Waals surface area (Å²) in [6, 6.07) is 13.6. The molecule has 0 radical (unpaired) electrons. The molecule has 4 aromatic rings. The topological polar surface area (TPSA) is 61.3 Å². The zero-order chi connectivity index (χ0) is 21.6. The van der Waals surface area contributed by atoms with Crippen molar-refractivity contribution in [1.29, 1.82) is 5.26 Å². The van der Waals surface area contributed by atoms with Gasteiger partial charge in [0.05, 0.1) is 29.1 Å². The molecule has 0 saturated carbocycles. The predicted octanol–water partition coefficient (Wildman–Crippen LogP) is 5.18. The van der Waals surface area contributed by atoms with Crippen molar-refractivity contribution < 1.29 is 18.3 Å². The van der Waals surface area contributed by atoms with Crippen LogP contribution in [0.1, 0.15) is 25.0 Å². The van der Waals surface area contributed by atoms with E-state index in [1.807, 2.05) is 6.07 Å². The minimum Gasteiger partial charge on any atom is -0.386 e. The van der Waals surface area contributed by atoms with Gasteiger partial charge in [0, 0.05) is 17.2 Å². The highest BCUT2D eigenvalue weighted by molar-refractivity contribution is 5.76. The lowest BCUT2D eigenvalue weighted by atomic mass is 9.97. The second kappa shape index (κ2) is 7.01. The van der Waals surface area contributed by atoms with Crippen LogP contribution in [-0.4, -0.2) is 14.5 Å². The van der Waals surface area contributed by atoms with Gasteiger partial charge in [0.2, 0.25) is 0 Å². The summed E-state index contributed by atoms with van der Waals surface area (Å²) in [5.41, 5.74) is 0.120. The Morgan fingerprint density at radius 3 is 2.47 bits per heavy atom. The van der Waals surface area contributed by atoms with Crippen molar-refractivity contribution in [2.45, 2.75) is 19.4 Å². The molecule has 4 rings (SSSR count). The molecule has 0 aliphatic carbocycles. The summed E-state index contributed by atoms with van der Waals surface area (Å²) in [5.74, 6) is -2.11. The van der Waals surface area contributed by atoms with E-state index in [9.17, 15) is 23.5 Å². The summed E-state index contributed by atoms with van der Waals surface area (Å²) >= 11 is 0. The Morgan fingerprint density at radius 1 is 1.03 bits per heavy atom.